The van der Waals surface area contributed by atoms with E-state index < -0.39 is 0 Å². The second-order valence-electron chi connectivity index (χ2n) is 3.06. The van der Waals surface area contributed by atoms with Crippen LogP contribution in [0.25, 0.3) is 21.3 Å². The van der Waals surface area contributed by atoms with Gasteiger partial charge in [-0.3, -0.25) is 0 Å². The largest absolute Gasteiger partial charge is 0.151 e. The maximum atomic E-state index is 4.17. The van der Waals surface area contributed by atoms with E-state index in [4.69, 9.17) is 0 Å². The maximum absolute atomic E-state index is 4.17. The molecule has 2 heterocycles. The molecule has 1 aromatic carbocycles. The molecule has 0 aliphatic carbocycles. The molecule has 0 aliphatic rings. The summed E-state index contributed by atoms with van der Waals surface area (Å²) in [5.41, 5.74) is 3.33. The SMILES string of the molecule is Brc1cscc1-c1cccc2snnc12. The van der Waals surface area contributed by atoms with Crippen molar-refractivity contribution in [3.8, 4) is 11.1 Å². The number of fused-ring (bicyclic) bond motifs is 1. The first kappa shape index (κ1) is 9.45. The smallest absolute Gasteiger partial charge is 0.113 e. The number of hydrogen-bond acceptors (Lipinski definition) is 4. The summed E-state index contributed by atoms with van der Waals surface area (Å²) in [6, 6.07) is 6.17. The number of benzene rings is 1. The lowest BCUT2D eigenvalue weighted by Crippen LogP contribution is -1.78. The molecule has 3 aromatic rings. The molecule has 0 amide bonds. The molecular formula is C10H5BrN2S2. The van der Waals surface area contributed by atoms with Crippen LogP contribution in [0.3, 0.4) is 0 Å². The summed E-state index contributed by atoms with van der Waals surface area (Å²) in [5.74, 6) is 0. The summed E-state index contributed by atoms with van der Waals surface area (Å²) in [7, 11) is 0. The molecule has 0 saturated heterocycles. The molecule has 2 nitrogen and oxygen atoms in total. The van der Waals surface area contributed by atoms with Crippen molar-refractivity contribution in [1.29, 1.82) is 0 Å². The molecule has 0 bridgehead atoms. The third kappa shape index (κ3) is 1.51. The van der Waals surface area contributed by atoms with E-state index in [1.807, 2.05) is 12.1 Å². The fourth-order valence-electron chi connectivity index (χ4n) is 1.50. The van der Waals surface area contributed by atoms with Gasteiger partial charge in [-0.25, -0.2) is 0 Å². The van der Waals surface area contributed by atoms with Gasteiger partial charge < -0.3 is 0 Å². The lowest BCUT2D eigenvalue weighted by molar-refractivity contribution is 1.20. The third-order valence-electron chi connectivity index (χ3n) is 2.18. The van der Waals surface area contributed by atoms with Crippen LogP contribution in [0.5, 0.6) is 0 Å². The Morgan fingerprint density at radius 1 is 1.13 bits per heavy atom. The van der Waals surface area contributed by atoms with Crippen LogP contribution in [0.2, 0.25) is 0 Å². The number of rotatable bonds is 1. The molecule has 0 N–H and O–H groups in total. The van der Waals surface area contributed by atoms with Gasteiger partial charge in [-0.15, -0.1) is 5.10 Å². The predicted octanol–water partition coefficient (Wildman–Crippen LogP) is 4.18. The van der Waals surface area contributed by atoms with Crippen molar-refractivity contribution in [2.75, 3.05) is 0 Å². The molecule has 0 spiro atoms. The Hall–Kier alpha value is -0.780. The Bertz CT molecular complexity index is 614. The fourth-order valence-corrected chi connectivity index (χ4v) is 3.59. The standard InChI is InChI=1S/C10H5BrN2S2/c11-8-5-14-4-7(8)6-2-1-3-9-10(6)12-13-15-9/h1-5H. The van der Waals surface area contributed by atoms with Gasteiger partial charge in [0.25, 0.3) is 0 Å². The van der Waals surface area contributed by atoms with Gasteiger partial charge in [0.2, 0.25) is 0 Å². The lowest BCUT2D eigenvalue weighted by Gasteiger charge is -1.99. The maximum Gasteiger partial charge on any atom is 0.113 e. The number of nitrogens with zero attached hydrogens (tertiary/aromatic N) is 2. The van der Waals surface area contributed by atoms with Gasteiger partial charge in [0.05, 0.1) is 4.70 Å². The van der Waals surface area contributed by atoms with Crippen molar-refractivity contribution in [1.82, 2.24) is 9.59 Å². The van der Waals surface area contributed by atoms with E-state index in [0.29, 0.717) is 0 Å². The minimum absolute atomic E-state index is 0.988. The molecule has 3 rings (SSSR count). The quantitative estimate of drug-likeness (QED) is 0.673. The molecule has 0 atom stereocenters. The van der Waals surface area contributed by atoms with Crippen LogP contribution < -0.4 is 0 Å². The van der Waals surface area contributed by atoms with E-state index in [0.717, 1.165) is 20.3 Å². The highest BCUT2D eigenvalue weighted by molar-refractivity contribution is 9.10. The monoisotopic (exact) mass is 296 g/mol. The Labute approximate surface area is 103 Å². The Balaban J connectivity index is 2.36. The first-order chi connectivity index (χ1) is 7.36. The number of aromatic nitrogens is 2. The Morgan fingerprint density at radius 3 is 2.87 bits per heavy atom. The van der Waals surface area contributed by atoms with Crippen LogP contribution in [-0.4, -0.2) is 9.59 Å². The highest BCUT2D eigenvalue weighted by Gasteiger charge is 2.10. The highest BCUT2D eigenvalue weighted by Crippen LogP contribution is 2.35. The second-order valence-corrected chi connectivity index (χ2v) is 5.44. The summed E-state index contributed by atoms with van der Waals surface area (Å²) in [6.45, 7) is 0. The zero-order valence-electron chi connectivity index (χ0n) is 7.48. The molecule has 0 unspecified atom stereocenters. The van der Waals surface area contributed by atoms with Gasteiger partial charge in [-0.05, 0) is 38.9 Å². The van der Waals surface area contributed by atoms with Crippen molar-refractivity contribution in [3.63, 3.8) is 0 Å². The van der Waals surface area contributed by atoms with Gasteiger partial charge in [0, 0.05) is 21.0 Å². The first-order valence-corrected chi connectivity index (χ1v) is 6.80. The van der Waals surface area contributed by atoms with Crippen LogP contribution in [0.4, 0.5) is 0 Å². The highest BCUT2D eigenvalue weighted by atomic mass is 79.9. The summed E-state index contributed by atoms with van der Waals surface area (Å²) in [4.78, 5) is 0. The van der Waals surface area contributed by atoms with Gasteiger partial charge in [0.1, 0.15) is 5.52 Å². The van der Waals surface area contributed by atoms with Crippen LogP contribution in [0.1, 0.15) is 0 Å². The molecule has 0 radical (unpaired) electrons. The minimum atomic E-state index is 0.988. The third-order valence-corrected chi connectivity index (χ3v) is 4.58. The number of halogens is 1. The molecule has 15 heavy (non-hydrogen) atoms. The molecule has 0 saturated carbocycles. The lowest BCUT2D eigenvalue weighted by atomic mass is 10.1. The van der Waals surface area contributed by atoms with E-state index in [2.05, 4.69) is 42.3 Å². The van der Waals surface area contributed by atoms with E-state index in [1.54, 1.807) is 11.3 Å². The van der Waals surface area contributed by atoms with Crippen LogP contribution >= 0.6 is 38.8 Å². The van der Waals surface area contributed by atoms with Gasteiger partial charge in [-0.2, -0.15) is 11.3 Å². The average Bonchev–Trinajstić information content (AvgIpc) is 2.85. The first-order valence-electron chi connectivity index (χ1n) is 4.29. The zero-order valence-corrected chi connectivity index (χ0v) is 10.7. The molecule has 0 fully saturated rings. The Morgan fingerprint density at radius 2 is 2.07 bits per heavy atom. The molecule has 74 valence electrons. The average molecular weight is 297 g/mol. The van der Waals surface area contributed by atoms with E-state index >= 15 is 0 Å². The van der Waals surface area contributed by atoms with Gasteiger partial charge >= 0.3 is 0 Å². The summed E-state index contributed by atoms with van der Waals surface area (Å²) in [6.07, 6.45) is 0. The molecule has 5 heteroatoms. The van der Waals surface area contributed by atoms with Gasteiger partial charge in [0.15, 0.2) is 0 Å². The number of hydrogen-bond donors (Lipinski definition) is 0. The van der Waals surface area contributed by atoms with Crippen LogP contribution in [-0.2, 0) is 0 Å². The minimum Gasteiger partial charge on any atom is -0.151 e. The summed E-state index contributed by atoms with van der Waals surface area (Å²) >= 11 is 6.65. The summed E-state index contributed by atoms with van der Waals surface area (Å²) in [5, 5.41) is 8.37. The van der Waals surface area contributed by atoms with Crippen LogP contribution in [0, 0.1) is 0 Å². The van der Waals surface area contributed by atoms with E-state index in [9.17, 15) is 0 Å². The zero-order chi connectivity index (χ0) is 10.3. The molecular weight excluding hydrogens is 292 g/mol. The molecule has 0 aliphatic heterocycles. The summed E-state index contributed by atoms with van der Waals surface area (Å²) < 4.78 is 6.23. The topological polar surface area (TPSA) is 25.8 Å². The van der Waals surface area contributed by atoms with E-state index in [1.165, 1.54) is 17.1 Å². The second kappa shape index (κ2) is 3.66. The van der Waals surface area contributed by atoms with Gasteiger partial charge in [-0.1, -0.05) is 16.6 Å². The fraction of sp³-hybridized carbons (Fsp3) is 0. The Kier molecular flexibility index (Phi) is 2.31. The van der Waals surface area contributed by atoms with Crippen molar-refractivity contribution in [2.24, 2.45) is 0 Å². The normalized spacial score (nSPS) is 11.0. The van der Waals surface area contributed by atoms with Crippen LogP contribution in [0.15, 0.2) is 33.4 Å². The van der Waals surface area contributed by atoms with Crippen molar-refractivity contribution in [2.45, 2.75) is 0 Å². The molecule has 2 aromatic heterocycles. The van der Waals surface area contributed by atoms with E-state index in [-0.39, 0.29) is 0 Å². The predicted molar refractivity (Wildman–Crippen MR) is 68.4 cm³/mol. The van der Waals surface area contributed by atoms with Crippen molar-refractivity contribution >= 4 is 49.0 Å². The van der Waals surface area contributed by atoms with Crippen molar-refractivity contribution in [3.05, 3.63) is 33.4 Å². The number of thiophene rings is 1. The van der Waals surface area contributed by atoms with Crippen molar-refractivity contribution < 1.29 is 0 Å².